The molecule has 0 fully saturated rings. The van der Waals surface area contributed by atoms with E-state index < -0.39 is 0 Å². The number of benzene rings is 9. The first kappa shape index (κ1) is 31.6. The Kier molecular flexibility index (Phi) is 6.89. The van der Waals surface area contributed by atoms with E-state index in [-0.39, 0.29) is 0 Å². The predicted octanol–water partition coefficient (Wildman–Crippen LogP) is 13.7. The molecule has 0 aliphatic carbocycles. The molecule has 3 aromatic heterocycles. The Morgan fingerprint density at radius 3 is 1.40 bits per heavy atom. The zero-order chi connectivity index (χ0) is 37.5. The van der Waals surface area contributed by atoms with Gasteiger partial charge in [-0.25, -0.2) is 15.0 Å². The van der Waals surface area contributed by atoms with Crippen LogP contribution in [0.4, 0.5) is 0 Å². The lowest BCUT2D eigenvalue weighted by Crippen LogP contribution is -1.98. The molecule has 264 valence electrons. The topological polar surface area (TPSA) is 43.1 Å². The van der Waals surface area contributed by atoms with Gasteiger partial charge in [-0.15, -0.1) is 0 Å². The molecule has 0 unspecified atom stereocenters. The molecule has 0 N–H and O–H groups in total. The minimum absolute atomic E-state index is 0.675. The molecule has 4 heteroatoms. The van der Waals surface area contributed by atoms with Crippen molar-refractivity contribution >= 4 is 70.5 Å². The molecule has 12 rings (SSSR count). The monoisotopic (exact) mass is 724 g/mol. The van der Waals surface area contributed by atoms with Gasteiger partial charge in [-0.3, -0.25) is 0 Å². The van der Waals surface area contributed by atoms with E-state index in [1.807, 2.05) is 0 Å². The standard InChI is InChI=1S/C53H32N4/c1-4-16-38-35(13-1)29-44(42-20-8-6-18-40(38)42)47-32-48(45-30-36-14-2-5-17-39(36)41-19-7-9-21-43(41)45)56-53(55-47)34-27-25-33(26-28-34)52-51-31-37-15-3-11-23-49(37)57(51)50-24-12-10-22-46(50)54-52/h1-32H. The van der Waals surface area contributed by atoms with Crippen molar-refractivity contribution in [3.8, 4) is 45.2 Å². The quantitative estimate of drug-likeness (QED) is 0.170. The number of para-hydroxylation sites is 3. The van der Waals surface area contributed by atoms with E-state index in [0.717, 1.165) is 66.7 Å². The van der Waals surface area contributed by atoms with Crippen LogP contribution in [0.25, 0.3) is 116 Å². The number of nitrogens with zero attached hydrogens (tertiary/aromatic N) is 4. The number of hydrogen-bond acceptors (Lipinski definition) is 3. The molecule has 57 heavy (non-hydrogen) atoms. The Labute approximate surface area is 328 Å². The van der Waals surface area contributed by atoms with E-state index in [0.29, 0.717) is 5.82 Å². The molecule has 0 radical (unpaired) electrons. The molecular weight excluding hydrogens is 693 g/mol. The maximum absolute atomic E-state index is 5.39. The van der Waals surface area contributed by atoms with Crippen molar-refractivity contribution in [2.45, 2.75) is 0 Å². The van der Waals surface area contributed by atoms with Crippen molar-refractivity contribution in [3.63, 3.8) is 0 Å². The Balaban J connectivity index is 1.09. The highest BCUT2D eigenvalue weighted by molar-refractivity contribution is 6.15. The third-order valence-corrected chi connectivity index (χ3v) is 11.5. The van der Waals surface area contributed by atoms with E-state index in [2.05, 4.69) is 199 Å². The van der Waals surface area contributed by atoms with Crippen LogP contribution in [0.2, 0.25) is 0 Å². The van der Waals surface area contributed by atoms with Gasteiger partial charge in [-0.2, -0.15) is 0 Å². The molecule has 12 aromatic rings. The van der Waals surface area contributed by atoms with Gasteiger partial charge in [0.1, 0.15) is 0 Å². The van der Waals surface area contributed by atoms with Gasteiger partial charge in [0.25, 0.3) is 0 Å². The average Bonchev–Trinajstić information content (AvgIpc) is 3.68. The van der Waals surface area contributed by atoms with Crippen LogP contribution in [0.1, 0.15) is 0 Å². The van der Waals surface area contributed by atoms with Crippen molar-refractivity contribution < 1.29 is 0 Å². The SMILES string of the molecule is c1ccc2c(c1)cc(-c1cc(-c3cc4ccccc4c4ccccc34)nc(-c3ccc(-c4nc5ccccc5n5c4cc4ccccc45)cc3)n1)c1ccccc12. The summed E-state index contributed by atoms with van der Waals surface area (Å²) in [6, 6.07) is 69.1. The third kappa shape index (κ3) is 4.98. The fraction of sp³-hybridized carbons (Fsp3) is 0. The number of fused-ring (bicyclic) bond motifs is 11. The lowest BCUT2D eigenvalue weighted by atomic mass is 9.93. The molecule has 3 heterocycles. The maximum Gasteiger partial charge on any atom is 0.160 e. The molecule has 0 saturated carbocycles. The molecule has 0 aliphatic heterocycles. The summed E-state index contributed by atoms with van der Waals surface area (Å²) in [7, 11) is 0. The van der Waals surface area contributed by atoms with Gasteiger partial charge in [0.2, 0.25) is 0 Å². The lowest BCUT2D eigenvalue weighted by molar-refractivity contribution is 1.19. The summed E-state index contributed by atoms with van der Waals surface area (Å²) in [6.45, 7) is 0. The molecule has 0 bridgehead atoms. The van der Waals surface area contributed by atoms with Crippen LogP contribution in [0, 0.1) is 0 Å². The minimum atomic E-state index is 0.675. The van der Waals surface area contributed by atoms with Crippen LogP contribution in [-0.4, -0.2) is 19.4 Å². The summed E-state index contributed by atoms with van der Waals surface area (Å²) in [5.41, 5.74) is 11.1. The van der Waals surface area contributed by atoms with E-state index in [1.165, 1.54) is 43.2 Å². The first-order valence-corrected chi connectivity index (χ1v) is 19.4. The summed E-state index contributed by atoms with van der Waals surface area (Å²) < 4.78 is 2.33. The first-order valence-electron chi connectivity index (χ1n) is 19.4. The van der Waals surface area contributed by atoms with Gasteiger partial charge in [-0.05, 0) is 85.6 Å². The molecule has 0 amide bonds. The van der Waals surface area contributed by atoms with Gasteiger partial charge < -0.3 is 4.40 Å². The van der Waals surface area contributed by atoms with Crippen molar-refractivity contribution in [1.29, 1.82) is 0 Å². The molecule has 0 saturated heterocycles. The van der Waals surface area contributed by atoms with Gasteiger partial charge >= 0.3 is 0 Å². The summed E-state index contributed by atoms with van der Waals surface area (Å²) in [6.07, 6.45) is 0. The second-order valence-corrected chi connectivity index (χ2v) is 14.8. The fourth-order valence-electron chi connectivity index (χ4n) is 8.89. The van der Waals surface area contributed by atoms with Crippen LogP contribution in [0.5, 0.6) is 0 Å². The highest BCUT2D eigenvalue weighted by Gasteiger charge is 2.18. The molecule has 0 atom stereocenters. The van der Waals surface area contributed by atoms with Gasteiger partial charge in [0.05, 0.1) is 39.1 Å². The molecule has 9 aromatic carbocycles. The van der Waals surface area contributed by atoms with Crippen molar-refractivity contribution in [3.05, 3.63) is 194 Å². The Morgan fingerprint density at radius 1 is 0.316 bits per heavy atom. The zero-order valence-corrected chi connectivity index (χ0v) is 30.8. The summed E-state index contributed by atoms with van der Waals surface area (Å²) in [5.74, 6) is 0.675. The lowest BCUT2D eigenvalue weighted by Gasteiger charge is -2.15. The smallest absolute Gasteiger partial charge is 0.160 e. The van der Waals surface area contributed by atoms with E-state index in [9.17, 15) is 0 Å². The number of hydrogen-bond donors (Lipinski definition) is 0. The van der Waals surface area contributed by atoms with Gasteiger partial charge in [-0.1, -0.05) is 152 Å². The normalized spacial score (nSPS) is 11.9. The highest BCUT2D eigenvalue weighted by Crippen LogP contribution is 2.40. The highest BCUT2D eigenvalue weighted by atomic mass is 14.9. The summed E-state index contributed by atoms with van der Waals surface area (Å²) in [5, 5.41) is 10.8. The summed E-state index contributed by atoms with van der Waals surface area (Å²) >= 11 is 0. The van der Waals surface area contributed by atoms with Crippen LogP contribution in [0.3, 0.4) is 0 Å². The van der Waals surface area contributed by atoms with Crippen molar-refractivity contribution in [2.75, 3.05) is 0 Å². The molecular formula is C53H32N4. The Morgan fingerprint density at radius 2 is 0.789 bits per heavy atom. The van der Waals surface area contributed by atoms with E-state index >= 15 is 0 Å². The van der Waals surface area contributed by atoms with Crippen LogP contribution in [-0.2, 0) is 0 Å². The van der Waals surface area contributed by atoms with Crippen molar-refractivity contribution in [2.24, 2.45) is 0 Å². The van der Waals surface area contributed by atoms with E-state index in [1.54, 1.807) is 0 Å². The molecule has 0 aliphatic rings. The largest absolute Gasteiger partial charge is 0.306 e. The minimum Gasteiger partial charge on any atom is -0.306 e. The van der Waals surface area contributed by atoms with Gasteiger partial charge in [0, 0.05) is 27.6 Å². The maximum atomic E-state index is 5.39. The Bertz CT molecular complexity index is 3440. The average molecular weight is 725 g/mol. The predicted molar refractivity (Wildman–Crippen MR) is 238 cm³/mol. The fourth-order valence-corrected chi connectivity index (χ4v) is 8.89. The van der Waals surface area contributed by atoms with E-state index in [4.69, 9.17) is 15.0 Å². The van der Waals surface area contributed by atoms with Crippen molar-refractivity contribution in [1.82, 2.24) is 19.4 Å². The second kappa shape index (κ2) is 12.4. The zero-order valence-electron chi connectivity index (χ0n) is 30.8. The second-order valence-electron chi connectivity index (χ2n) is 14.8. The third-order valence-electron chi connectivity index (χ3n) is 11.5. The number of aromatic nitrogens is 4. The summed E-state index contributed by atoms with van der Waals surface area (Å²) in [4.78, 5) is 16.0. The van der Waals surface area contributed by atoms with Crippen LogP contribution < -0.4 is 0 Å². The van der Waals surface area contributed by atoms with Crippen LogP contribution in [0.15, 0.2) is 194 Å². The molecule has 4 nitrogen and oxygen atoms in total. The van der Waals surface area contributed by atoms with Gasteiger partial charge in [0.15, 0.2) is 5.82 Å². The Hall–Kier alpha value is -7.69. The first-order chi connectivity index (χ1) is 28.2. The molecule has 0 spiro atoms. The number of rotatable bonds is 4. The van der Waals surface area contributed by atoms with Crippen LogP contribution >= 0.6 is 0 Å².